The van der Waals surface area contributed by atoms with Crippen LogP contribution in [0.25, 0.3) is 0 Å². The van der Waals surface area contributed by atoms with Gasteiger partial charge in [0.15, 0.2) is 0 Å². The summed E-state index contributed by atoms with van der Waals surface area (Å²) in [4.78, 5) is 0. The maximum Gasteiger partial charge on any atom is 0.122 e. The number of rotatable bonds is 9. The van der Waals surface area contributed by atoms with Crippen LogP contribution in [0.1, 0.15) is 46.6 Å². The Morgan fingerprint density at radius 3 is 2.27 bits per heavy atom. The van der Waals surface area contributed by atoms with Gasteiger partial charge >= 0.3 is 0 Å². The molecule has 22 heavy (non-hydrogen) atoms. The van der Waals surface area contributed by atoms with Crippen LogP contribution in [0.3, 0.4) is 0 Å². The fraction of sp³-hybridized carbons (Fsp3) is 0.684. The van der Waals surface area contributed by atoms with Crippen molar-refractivity contribution in [2.45, 2.75) is 53.0 Å². The van der Waals surface area contributed by atoms with Crippen molar-refractivity contribution in [3.8, 4) is 5.75 Å². The van der Waals surface area contributed by atoms with Gasteiger partial charge in [-0.2, -0.15) is 0 Å². The third kappa shape index (κ3) is 7.81. The molecule has 0 atom stereocenters. The first kappa shape index (κ1) is 19.0. The molecule has 0 fully saturated rings. The molecule has 126 valence electrons. The number of nitrogens with one attached hydrogen (secondary N) is 2. The lowest BCUT2D eigenvalue weighted by atomic mass is 9.82. The van der Waals surface area contributed by atoms with Crippen molar-refractivity contribution >= 4 is 0 Å². The Morgan fingerprint density at radius 1 is 0.955 bits per heavy atom. The van der Waals surface area contributed by atoms with E-state index in [9.17, 15) is 0 Å². The Hall–Kier alpha value is -1.06. The molecule has 0 aromatic heterocycles. The van der Waals surface area contributed by atoms with Crippen LogP contribution in [-0.4, -0.2) is 32.3 Å². The van der Waals surface area contributed by atoms with Crippen LogP contribution in [0.4, 0.5) is 0 Å². The van der Waals surface area contributed by atoms with Crippen molar-refractivity contribution in [3.05, 3.63) is 29.8 Å². The predicted molar refractivity (Wildman–Crippen MR) is 95.7 cm³/mol. The number of hydrogen-bond donors (Lipinski definition) is 2. The first-order valence-corrected chi connectivity index (χ1v) is 8.31. The maximum atomic E-state index is 5.37. The Balaban J connectivity index is 2.21. The maximum absolute atomic E-state index is 5.37. The molecule has 1 aromatic rings. The van der Waals surface area contributed by atoms with Crippen LogP contribution in [0.15, 0.2) is 24.3 Å². The minimum Gasteiger partial charge on any atom is -0.496 e. The predicted octanol–water partition coefficient (Wildman–Crippen LogP) is 3.63. The molecular weight excluding hydrogens is 272 g/mol. The van der Waals surface area contributed by atoms with Gasteiger partial charge in [0.2, 0.25) is 0 Å². The lowest BCUT2D eigenvalue weighted by Gasteiger charge is -2.33. The molecule has 1 aromatic carbocycles. The second kappa shape index (κ2) is 8.54. The summed E-state index contributed by atoms with van der Waals surface area (Å²) in [6.07, 6.45) is 2.16. The number of benzene rings is 1. The van der Waals surface area contributed by atoms with Crippen LogP contribution in [0.5, 0.6) is 5.75 Å². The first-order chi connectivity index (χ1) is 10.2. The third-order valence-electron chi connectivity index (χ3n) is 3.64. The van der Waals surface area contributed by atoms with Gasteiger partial charge in [-0.15, -0.1) is 0 Å². The second-order valence-corrected chi connectivity index (χ2v) is 7.86. The molecule has 0 amide bonds. The summed E-state index contributed by atoms with van der Waals surface area (Å²) >= 11 is 0. The van der Waals surface area contributed by atoms with E-state index in [2.05, 4.69) is 57.4 Å². The van der Waals surface area contributed by atoms with Crippen LogP contribution in [0, 0.1) is 5.41 Å². The van der Waals surface area contributed by atoms with Gasteiger partial charge in [0.05, 0.1) is 7.11 Å². The van der Waals surface area contributed by atoms with Gasteiger partial charge in [-0.05, 0) is 50.3 Å². The summed E-state index contributed by atoms with van der Waals surface area (Å²) in [5, 5.41) is 7.15. The van der Waals surface area contributed by atoms with Crippen molar-refractivity contribution in [2.75, 3.05) is 26.7 Å². The van der Waals surface area contributed by atoms with Crippen molar-refractivity contribution in [1.29, 1.82) is 0 Å². The zero-order valence-electron chi connectivity index (χ0n) is 15.3. The van der Waals surface area contributed by atoms with Gasteiger partial charge in [0.1, 0.15) is 5.75 Å². The molecule has 0 aliphatic carbocycles. The van der Waals surface area contributed by atoms with E-state index in [1.54, 1.807) is 7.11 Å². The van der Waals surface area contributed by atoms with Crippen LogP contribution < -0.4 is 15.4 Å². The highest BCUT2D eigenvalue weighted by atomic mass is 16.5. The van der Waals surface area contributed by atoms with Crippen LogP contribution in [0.2, 0.25) is 0 Å². The number of methoxy groups -OCH3 is 1. The molecule has 0 heterocycles. The molecule has 0 aliphatic rings. The lowest BCUT2D eigenvalue weighted by Crippen LogP contribution is -2.45. The molecule has 0 radical (unpaired) electrons. The summed E-state index contributed by atoms with van der Waals surface area (Å²) in [6, 6.07) is 8.22. The summed E-state index contributed by atoms with van der Waals surface area (Å²) in [5.41, 5.74) is 1.80. The molecule has 0 aliphatic heterocycles. The smallest absolute Gasteiger partial charge is 0.122 e. The lowest BCUT2D eigenvalue weighted by molar-refractivity contribution is 0.243. The molecule has 2 N–H and O–H groups in total. The molecule has 0 unspecified atom stereocenters. The van der Waals surface area contributed by atoms with Crippen molar-refractivity contribution in [1.82, 2.24) is 10.6 Å². The van der Waals surface area contributed by atoms with Gasteiger partial charge < -0.3 is 15.4 Å². The van der Waals surface area contributed by atoms with Gasteiger partial charge in [0.25, 0.3) is 0 Å². The van der Waals surface area contributed by atoms with E-state index in [-0.39, 0.29) is 5.54 Å². The molecule has 0 saturated carbocycles. The number of ether oxygens (including phenoxy) is 1. The second-order valence-electron chi connectivity index (χ2n) is 7.86. The van der Waals surface area contributed by atoms with Crippen LogP contribution >= 0.6 is 0 Å². The van der Waals surface area contributed by atoms with Crippen LogP contribution in [-0.2, 0) is 6.42 Å². The van der Waals surface area contributed by atoms with Gasteiger partial charge in [-0.25, -0.2) is 0 Å². The molecule has 3 nitrogen and oxygen atoms in total. The standard InChI is InChI=1S/C19H34N2O/c1-18(2,3)15-19(4,5)21-14-13-20-12-11-16-9-7-8-10-17(16)22-6/h7-10,20-21H,11-15H2,1-6H3. The van der Waals surface area contributed by atoms with Crippen molar-refractivity contribution in [3.63, 3.8) is 0 Å². The highest BCUT2D eigenvalue weighted by Gasteiger charge is 2.24. The van der Waals surface area contributed by atoms with Crippen molar-refractivity contribution in [2.24, 2.45) is 5.41 Å². The fourth-order valence-corrected chi connectivity index (χ4v) is 3.14. The fourth-order valence-electron chi connectivity index (χ4n) is 3.14. The van der Waals surface area contributed by atoms with E-state index in [1.165, 1.54) is 12.0 Å². The van der Waals surface area contributed by atoms with E-state index < -0.39 is 0 Å². The zero-order chi connectivity index (χ0) is 16.6. The SMILES string of the molecule is COc1ccccc1CCNCCNC(C)(C)CC(C)(C)C. The topological polar surface area (TPSA) is 33.3 Å². The Labute approximate surface area is 136 Å². The third-order valence-corrected chi connectivity index (χ3v) is 3.64. The average Bonchev–Trinajstić information content (AvgIpc) is 2.40. The first-order valence-electron chi connectivity index (χ1n) is 8.31. The van der Waals surface area contributed by atoms with Gasteiger partial charge in [-0.3, -0.25) is 0 Å². The van der Waals surface area contributed by atoms with E-state index >= 15 is 0 Å². The summed E-state index contributed by atoms with van der Waals surface area (Å²) in [6.45, 7) is 14.4. The summed E-state index contributed by atoms with van der Waals surface area (Å²) in [5.74, 6) is 0.980. The molecule has 0 saturated heterocycles. The van der Waals surface area contributed by atoms with E-state index in [0.717, 1.165) is 31.8 Å². The molecule has 3 heteroatoms. The van der Waals surface area contributed by atoms with E-state index in [1.807, 2.05) is 12.1 Å². The Morgan fingerprint density at radius 2 is 1.64 bits per heavy atom. The Kier molecular flexibility index (Phi) is 7.37. The summed E-state index contributed by atoms with van der Waals surface area (Å²) < 4.78 is 5.37. The minimum absolute atomic E-state index is 0.183. The molecular formula is C19H34N2O. The van der Waals surface area contributed by atoms with E-state index in [0.29, 0.717) is 5.41 Å². The molecule has 1 rings (SSSR count). The Bertz CT molecular complexity index is 435. The normalized spacial score (nSPS) is 12.5. The number of hydrogen-bond acceptors (Lipinski definition) is 3. The number of para-hydroxylation sites is 1. The molecule has 0 spiro atoms. The highest BCUT2D eigenvalue weighted by Crippen LogP contribution is 2.26. The van der Waals surface area contributed by atoms with Crippen molar-refractivity contribution < 1.29 is 4.74 Å². The van der Waals surface area contributed by atoms with E-state index in [4.69, 9.17) is 4.74 Å². The quantitative estimate of drug-likeness (QED) is 0.684. The largest absolute Gasteiger partial charge is 0.496 e. The van der Waals surface area contributed by atoms with Gasteiger partial charge in [-0.1, -0.05) is 39.0 Å². The zero-order valence-corrected chi connectivity index (χ0v) is 15.3. The highest BCUT2D eigenvalue weighted by molar-refractivity contribution is 5.33. The summed E-state index contributed by atoms with van der Waals surface area (Å²) in [7, 11) is 1.73. The average molecular weight is 306 g/mol. The molecule has 0 bridgehead atoms. The monoisotopic (exact) mass is 306 g/mol. The van der Waals surface area contributed by atoms with Gasteiger partial charge in [0, 0.05) is 18.6 Å². The minimum atomic E-state index is 0.183.